The number of nitrogens with zero attached hydrogens (tertiary/aromatic N) is 1. The molecule has 0 saturated carbocycles. The van der Waals surface area contributed by atoms with E-state index in [1.54, 1.807) is 6.20 Å². The fourth-order valence-corrected chi connectivity index (χ4v) is 0.773. The van der Waals surface area contributed by atoms with Gasteiger partial charge in [-0.15, -0.1) is 0 Å². The van der Waals surface area contributed by atoms with Crippen LogP contribution in [-0.2, 0) is 6.54 Å². The first-order valence-electron chi connectivity index (χ1n) is 2.67. The smallest absolute Gasteiger partial charge is 0.128 e. The van der Waals surface area contributed by atoms with E-state index in [2.05, 4.69) is 15.5 Å². The molecule has 1 heterocycles. The van der Waals surface area contributed by atoms with Gasteiger partial charge in [-0.1, -0.05) is 11.6 Å². The summed E-state index contributed by atoms with van der Waals surface area (Å²) in [5, 5.41) is 9.95. The summed E-state index contributed by atoms with van der Waals surface area (Å²) in [6, 6.07) is 0. The maximum absolute atomic E-state index is 5.66. The van der Waals surface area contributed by atoms with Gasteiger partial charge < -0.3 is 5.32 Å². The molecule has 4 heteroatoms. The van der Waals surface area contributed by atoms with Crippen molar-refractivity contribution in [3.8, 4) is 0 Å². The Balaban J connectivity index is 2.69. The van der Waals surface area contributed by atoms with E-state index in [4.69, 9.17) is 11.6 Å². The van der Waals surface area contributed by atoms with E-state index in [1.165, 1.54) is 0 Å². The second-order valence-electron chi connectivity index (χ2n) is 1.74. The third-order valence-corrected chi connectivity index (χ3v) is 1.36. The van der Waals surface area contributed by atoms with Crippen LogP contribution in [0.25, 0.3) is 0 Å². The van der Waals surface area contributed by atoms with Gasteiger partial charge in [0.1, 0.15) is 5.15 Å². The SMILES string of the molecule is CNCc1cn[nH]c1Cl. The highest BCUT2D eigenvalue weighted by Crippen LogP contribution is 2.09. The fraction of sp³-hybridized carbons (Fsp3) is 0.400. The number of hydrogen-bond acceptors (Lipinski definition) is 2. The predicted octanol–water partition coefficient (Wildman–Crippen LogP) is 0.782. The first-order chi connectivity index (χ1) is 4.34. The molecule has 1 rings (SSSR count). The van der Waals surface area contributed by atoms with E-state index in [0.29, 0.717) is 5.15 Å². The number of H-pyrrole nitrogens is 1. The van der Waals surface area contributed by atoms with E-state index >= 15 is 0 Å². The highest BCUT2D eigenvalue weighted by atomic mass is 35.5. The first-order valence-corrected chi connectivity index (χ1v) is 3.04. The van der Waals surface area contributed by atoms with Gasteiger partial charge in [-0.2, -0.15) is 5.10 Å². The Bertz CT molecular complexity index is 184. The Labute approximate surface area is 58.4 Å². The van der Waals surface area contributed by atoms with E-state index in [1.807, 2.05) is 7.05 Å². The van der Waals surface area contributed by atoms with Crippen LogP contribution < -0.4 is 5.32 Å². The minimum absolute atomic E-state index is 0.615. The minimum Gasteiger partial charge on any atom is -0.316 e. The second-order valence-corrected chi connectivity index (χ2v) is 2.12. The number of hydrogen-bond donors (Lipinski definition) is 2. The van der Waals surface area contributed by atoms with Crippen molar-refractivity contribution in [2.45, 2.75) is 6.54 Å². The summed E-state index contributed by atoms with van der Waals surface area (Å²) in [6.07, 6.45) is 1.71. The molecule has 2 N–H and O–H groups in total. The molecule has 0 radical (unpaired) electrons. The summed E-state index contributed by atoms with van der Waals surface area (Å²) in [5.41, 5.74) is 0.999. The quantitative estimate of drug-likeness (QED) is 0.646. The molecule has 0 aromatic carbocycles. The van der Waals surface area contributed by atoms with Crippen molar-refractivity contribution in [2.75, 3.05) is 7.05 Å². The molecule has 9 heavy (non-hydrogen) atoms. The molecule has 0 aliphatic rings. The molecule has 0 bridgehead atoms. The summed E-state index contributed by atoms with van der Waals surface area (Å²) in [5.74, 6) is 0. The summed E-state index contributed by atoms with van der Waals surface area (Å²) in [4.78, 5) is 0. The maximum atomic E-state index is 5.66. The molecule has 0 spiro atoms. The average Bonchev–Trinajstić information content (AvgIpc) is 2.18. The van der Waals surface area contributed by atoms with Crippen LogP contribution >= 0.6 is 11.6 Å². The lowest BCUT2D eigenvalue weighted by Gasteiger charge is -1.91. The Morgan fingerprint density at radius 1 is 1.89 bits per heavy atom. The second kappa shape index (κ2) is 2.85. The lowest BCUT2D eigenvalue weighted by molar-refractivity contribution is 0.819. The van der Waals surface area contributed by atoms with Gasteiger partial charge in [-0.25, -0.2) is 0 Å². The zero-order valence-electron chi connectivity index (χ0n) is 5.11. The van der Waals surface area contributed by atoms with Gasteiger partial charge >= 0.3 is 0 Å². The predicted molar refractivity (Wildman–Crippen MR) is 36.4 cm³/mol. The van der Waals surface area contributed by atoms with Crippen molar-refractivity contribution in [1.29, 1.82) is 0 Å². The lowest BCUT2D eigenvalue weighted by Crippen LogP contribution is -2.04. The van der Waals surface area contributed by atoms with Crippen LogP contribution in [0.4, 0.5) is 0 Å². The molecule has 0 aliphatic carbocycles. The van der Waals surface area contributed by atoms with Gasteiger partial charge in [0.05, 0.1) is 6.20 Å². The summed E-state index contributed by atoms with van der Waals surface area (Å²) in [7, 11) is 1.86. The van der Waals surface area contributed by atoms with Gasteiger partial charge in [0.25, 0.3) is 0 Å². The van der Waals surface area contributed by atoms with Gasteiger partial charge in [-0.3, -0.25) is 5.10 Å². The number of aromatic amines is 1. The standard InChI is InChI=1S/C5H8ClN3/c1-7-2-4-3-8-9-5(4)6/h3,7H,2H2,1H3,(H,8,9). The number of nitrogens with one attached hydrogen (secondary N) is 2. The molecular weight excluding hydrogens is 138 g/mol. The Hall–Kier alpha value is -0.540. The van der Waals surface area contributed by atoms with Crippen molar-refractivity contribution < 1.29 is 0 Å². The normalized spacial score (nSPS) is 10.0. The fourth-order valence-electron chi connectivity index (χ4n) is 0.609. The zero-order chi connectivity index (χ0) is 6.69. The zero-order valence-corrected chi connectivity index (χ0v) is 5.87. The molecule has 1 aromatic rings. The van der Waals surface area contributed by atoms with Crippen LogP contribution in [0.3, 0.4) is 0 Å². The van der Waals surface area contributed by atoms with Gasteiger partial charge in [0.15, 0.2) is 0 Å². The Kier molecular flexibility index (Phi) is 2.08. The van der Waals surface area contributed by atoms with Crippen LogP contribution in [0.15, 0.2) is 6.20 Å². The van der Waals surface area contributed by atoms with E-state index in [0.717, 1.165) is 12.1 Å². The highest BCUT2D eigenvalue weighted by Gasteiger charge is 1.97. The summed E-state index contributed by atoms with van der Waals surface area (Å²) < 4.78 is 0. The van der Waals surface area contributed by atoms with Crippen molar-refractivity contribution in [3.63, 3.8) is 0 Å². The van der Waals surface area contributed by atoms with Crippen molar-refractivity contribution >= 4 is 11.6 Å². The molecule has 1 aromatic heterocycles. The molecule has 0 fully saturated rings. The lowest BCUT2D eigenvalue weighted by atomic mass is 10.4. The van der Waals surface area contributed by atoms with Crippen LogP contribution in [-0.4, -0.2) is 17.2 Å². The average molecular weight is 146 g/mol. The molecule has 0 aliphatic heterocycles. The molecule has 0 saturated heterocycles. The highest BCUT2D eigenvalue weighted by molar-refractivity contribution is 6.30. The molecule has 50 valence electrons. The largest absolute Gasteiger partial charge is 0.316 e. The third-order valence-electron chi connectivity index (χ3n) is 1.03. The van der Waals surface area contributed by atoms with Crippen LogP contribution in [0.2, 0.25) is 5.15 Å². The molecule has 3 nitrogen and oxygen atoms in total. The minimum atomic E-state index is 0.615. The van der Waals surface area contributed by atoms with Crippen molar-refractivity contribution in [1.82, 2.24) is 15.5 Å². The van der Waals surface area contributed by atoms with Crippen LogP contribution in [0.5, 0.6) is 0 Å². The summed E-state index contributed by atoms with van der Waals surface area (Å²) in [6.45, 7) is 0.759. The van der Waals surface area contributed by atoms with E-state index in [9.17, 15) is 0 Å². The molecule has 0 atom stereocenters. The number of halogens is 1. The van der Waals surface area contributed by atoms with Crippen LogP contribution in [0.1, 0.15) is 5.56 Å². The Morgan fingerprint density at radius 3 is 3.11 bits per heavy atom. The molecule has 0 amide bonds. The topological polar surface area (TPSA) is 40.7 Å². The van der Waals surface area contributed by atoms with Gasteiger partial charge in [0, 0.05) is 12.1 Å². The Morgan fingerprint density at radius 2 is 2.67 bits per heavy atom. The van der Waals surface area contributed by atoms with E-state index < -0.39 is 0 Å². The van der Waals surface area contributed by atoms with Crippen molar-refractivity contribution in [2.24, 2.45) is 0 Å². The van der Waals surface area contributed by atoms with Crippen molar-refractivity contribution in [3.05, 3.63) is 16.9 Å². The van der Waals surface area contributed by atoms with Crippen LogP contribution in [0, 0.1) is 0 Å². The number of aromatic nitrogens is 2. The molecular formula is C5H8ClN3. The maximum Gasteiger partial charge on any atom is 0.128 e. The van der Waals surface area contributed by atoms with Gasteiger partial charge in [-0.05, 0) is 7.05 Å². The monoisotopic (exact) mass is 145 g/mol. The molecule has 0 unspecified atom stereocenters. The third kappa shape index (κ3) is 1.43. The summed E-state index contributed by atoms with van der Waals surface area (Å²) >= 11 is 5.66. The van der Waals surface area contributed by atoms with Gasteiger partial charge in [0.2, 0.25) is 0 Å². The van der Waals surface area contributed by atoms with E-state index in [-0.39, 0.29) is 0 Å². The first kappa shape index (κ1) is 6.58. The number of rotatable bonds is 2.